The Balaban J connectivity index is 1.31. The van der Waals surface area contributed by atoms with E-state index in [1.54, 1.807) is 12.1 Å². The van der Waals surface area contributed by atoms with Gasteiger partial charge in [-0.3, -0.25) is 0 Å². The van der Waals surface area contributed by atoms with Crippen LogP contribution in [0.15, 0.2) is 35.9 Å². The summed E-state index contributed by atoms with van der Waals surface area (Å²) in [4.78, 5) is 25.7. The quantitative estimate of drug-likeness (QED) is 0.497. The summed E-state index contributed by atoms with van der Waals surface area (Å²) in [6.07, 6.45) is 5.21. The predicted molar refractivity (Wildman–Crippen MR) is 148 cm³/mol. The highest BCUT2D eigenvalue weighted by molar-refractivity contribution is 5.90. The van der Waals surface area contributed by atoms with E-state index in [-0.39, 0.29) is 59.0 Å². The van der Waals surface area contributed by atoms with E-state index in [0.29, 0.717) is 17.6 Å². The molecule has 0 aromatic heterocycles. The average molecular weight is 527 g/mol. The van der Waals surface area contributed by atoms with Crippen LogP contribution in [0.3, 0.4) is 0 Å². The number of nitrogens with one attached hydrogen (secondary N) is 2. The van der Waals surface area contributed by atoms with Gasteiger partial charge in [-0.25, -0.2) is 9.59 Å². The summed E-state index contributed by atoms with van der Waals surface area (Å²) in [5.41, 5.74) is 1.72. The van der Waals surface area contributed by atoms with E-state index >= 15 is 0 Å². The number of carbonyl (C=O) groups excluding carboxylic acids is 2. The maximum Gasteiger partial charge on any atom is 0.338 e. The molecule has 1 aromatic carbocycles. The predicted octanol–water partition coefficient (Wildman–Crippen LogP) is 5.39. The third-order valence-corrected chi connectivity index (χ3v) is 7.65. The van der Waals surface area contributed by atoms with Gasteiger partial charge in [-0.1, -0.05) is 18.2 Å². The van der Waals surface area contributed by atoms with Crippen LogP contribution in [0, 0.1) is 0 Å². The van der Waals surface area contributed by atoms with Gasteiger partial charge in [0.2, 0.25) is 0 Å². The van der Waals surface area contributed by atoms with E-state index in [1.807, 2.05) is 18.2 Å². The standard InChI is InChI=1S/C31H46N2O5/c1-28(2)15-23(16-29(3,4)32-28)37-26(34)21-11-9-20(10-12-21)25-14-13-22(19-36-25)27(35)38-24-17-30(5,6)33-31(7,8)18-24/h9-13,23-25,32-33H,14-19H2,1-8H3. The molecule has 0 radical (unpaired) electrons. The van der Waals surface area contributed by atoms with Gasteiger partial charge < -0.3 is 24.8 Å². The van der Waals surface area contributed by atoms with E-state index < -0.39 is 0 Å². The Morgan fingerprint density at radius 2 is 1.18 bits per heavy atom. The monoisotopic (exact) mass is 526 g/mol. The SMILES string of the molecule is CC1(C)CC(OC(=O)C2=CCC(c3ccc(C(=O)OC4CC(C)(C)NC(C)(C)C4)cc3)OC2)CC(C)(C)N1. The normalized spacial score (nSPS) is 26.7. The highest BCUT2D eigenvalue weighted by Crippen LogP contribution is 2.33. The van der Waals surface area contributed by atoms with Gasteiger partial charge >= 0.3 is 11.9 Å². The molecule has 2 N–H and O–H groups in total. The largest absolute Gasteiger partial charge is 0.459 e. The minimum Gasteiger partial charge on any atom is -0.459 e. The fraction of sp³-hybridized carbons (Fsp3) is 0.677. The van der Waals surface area contributed by atoms with Crippen molar-refractivity contribution in [3.05, 3.63) is 47.0 Å². The zero-order valence-electron chi connectivity index (χ0n) is 24.4. The molecule has 38 heavy (non-hydrogen) atoms. The Kier molecular flexibility index (Phi) is 7.88. The van der Waals surface area contributed by atoms with Gasteiger partial charge in [-0.2, -0.15) is 0 Å². The third kappa shape index (κ3) is 7.45. The lowest BCUT2D eigenvalue weighted by atomic mass is 9.81. The van der Waals surface area contributed by atoms with Crippen LogP contribution < -0.4 is 10.6 Å². The maximum atomic E-state index is 12.8. The van der Waals surface area contributed by atoms with E-state index in [9.17, 15) is 9.59 Å². The molecule has 1 unspecified atom stereocenters. The summed E-state index contributed by atoms with van der Waals surface area (Å²) in [5, 5.41) is 7.23. The summed E-state index contributed by atoms with van der Waals surface area (Å²) in [5.74, 6) is -0.585. The van der Waals surface area contributed by atoms with Crippen LogP contribution in [0.1, 0.15) is 110 Å². The van der Waals surface area contributed by atoms with Crippen molar-refractivity contribution in [1.82, 2.24) is 10.6 Å². The number of esters is 2. The van der Waals surface area contributed by atoms with E-state index in [1.165, 1.54) is 0 Å². The lowest BCUT2D eigenvalue weighted by Gasteiger charge is -2.46. The minimum atomic E-state index is -0.297. The topological polar surface area (TPSA) is 85.9 Å². The number of piperidine rings is 2. The first kappa shape index (κ1) is 28.8. The molecule has 0 amide bonds. The second kappa shape index (κ2) is 10.4. The molecule has 7 nitrogen and oxygen atoms in total. The second-order valence-corrected chi connectivity index (χ2v) is 14.0. The fourth-order valence-corrected chi connectivity index (χ4v) is 6.85. The summed E-state index contributed by atoms with van der Waals surface area (Å²) >= 11 is 0. The number of hydrogen-bond acceptors (Lipinski definition) is 7. The molecule has 3 aliphatic heterocycles. The number of rotatable bonds is 5. The molecule has 0 spiro atoms. The molecule has 210 valence electrons. The molecule has 0 bridgehead atoms. The molecule has 1 atom stereocenters. The van der Waals surface area contributed by atoms with Crippen molar-refractivity contribution in [2.24, 2.45) is 0 Å². The van der Waals surface area contributed by atoms with Crippen molar-refractivity contribution in [2.75, 3.05) is 6.61 Å². The molecule has 3 heterocycles. The zero-order valence-corrected chi connectivity index (χ0v) is 24.4. The summed E-state index contributed by atoms with van der Waals surface area (Å²) in [7, 11) is 0. The lowest BCUT2D eigenvalue weighted by Crippen LogP contribution is -2.59. The first-order chi connectivity index (χ1) is 17.5. The van der Waals surface area contributed by atoms with Crippen molar-refractivity contribution in [3.63, 3.8) is 0 Å². The highest BCUT2D eigenvalue weighted by atomic mass is 16.6. The van der Waals surface area contributed by atoms with Gasteiger partial charge in [0.05, 0.1) is 23.8 Å². The van der Waals surface area contributed by atoms with Gasteiger partial charge in [-0.15, -0.1) is 0 Å². The Morgan fingerprint density at radius 1 is 0.737 bits per heavy atom. The Labute approximate surface area is 228 Å². The van der Waals surface area contributed by atoms with E-state index in [0.717, 1.165) is 31.2 Å². The molecule has 2 saturated heterocycles. The fourth-order valence-electron chi connectivity index (χ4n) is 6.85. The van der Waals surface area contributed by atoms with Crippen molar-refractivity contribution in [1.29, 1.82) is 0 Å². The first-order valence-corrected chi connectivity index (χ1v) is 13.9. The molecular formula is C31H46N2O5. The first-order valence-electron chi connectivity index (χ1n) is 13.9. The van der Waals surface area contributed by atoms with Gasteiger partial charge in [-0.05, 0) is 79.5 Å². The average Bonchev–Trinajstić information content (AvgIpc) is 2.75. The van der Waals surface area contributed by atoms with Gasteiger partial charge in [0, 0.05) is 47.8 Å². The van der Waals surface area contributed by atoms with Crippen LogP contribution in [-0.2, 0) is 19.0 Å². The number of ether oxygens (including phenoxy) is 3. The second-order valence-electron chi connectivity index (χ2n) is 14.0. The molecule has 3 aliphatic rings. The number of carbonyl (C=O) groups is 2. The molecule has 0 aliphatic carbocycles. The number of benzene rings is 1. The van der Waals surface area contributed by atoms with Crippen molar-refractivity contribution in [3.8, 4) is 0 Å². The third-order valence-electron chi connectivity index (χ3n) is 7.65. The molecule has 7 heteroatoms. The van der Waals surface area contributed by atoms with Crippen LogP contribution >= 0.6 is 0 Å². The van der Waals surface area contributed by atoms with E-state index in [2.05, 4.69) is 66.0 Å². The van der Waals surface area contributed by atoms with E-state index in [4.69, 9.17) is 14.2 Å². The zero-order chi connectivity index (χ0) is 27.9. The number of hydrogen-bond donors (Lipinski definition) is 2. The molecule has 1 aromatic rings. The summed E-state index contributed by atoms with van der Waals surface area (Å²) < 4.78 is 17.8. The van der Waals surface area contributed by atoms with Crippen molar-refractivity contribution >= 4 is 11.9 Å². The van der Waals surface area contributed by atoms with Crippen LogP contribution in [0.4, 0.5) is 0 Å². The Morgan fingerprint density at radius 3 is 1.61 bits per heavy atom. The van der Waals surface area contributed by atoms with Gasteiger partial charge in [0.15, 0.2) is 0 Å². The summed E-state index contributed by atoms with van der Waals surface area (Å²) in [6, 6.07) is 7.42. The molecule has 4 rings (SSSR count). The van der Waals surface area contributed by atoms with Crippen molar-refractivity contribution in [2.45, 2.75) is 128 Å². The maximum absolute atomic E-state index is 12.8. The molecule has 0 saturated carbocycles. The van der Waals surface area contributed by atoms with Crippen LogP contribution in [-0.4, -0.2) is 52.9 Å². The molecular weight excluding hydrogens is 480 g/mol. The van der Waals surface area contributed by atoms with Gasteiger partial charge in [0.1, 0.15) is 12.2 Å². The lowest BCUT2D eigenvalue weighted by molar-refractivity contribution is -0.149. The molecule has 2 fully saturated rings. The van der Waals surface area contributed by atoms with Gasteiger partial charge in [0.25, 0.3) is 0 Å². The minimum absolute atomic E-state index is 0.0887. The van der Waals surface area contributed by atoms with Crippen LogP contribution in [0.5, 0.6) is 0 Å². The Bertz CT molecular complexity index is 1040. The summed E-state index contributed by atoms with van der Waals surface area (Å²) in [6.45, 7) is 17.3. The van der Waals surface area contributed by atoms with Crippen LogP contribution in [0.2, 0.25) is 0 Å². The van der Waals surface area contributed by atoms with Crippen LogP contribution in [0.25, 0.3) is 0 Å². The highest BCUT2D eigenvalue weighted by Gasteiger charge is 2.41. The Hall–Kier alpha value is -2.22. The smallest absolute Gasteiger partial charge is 0.338 e. The van der Waals surface area contributed by atoms with Crippen molar-refractivity contribution < 1.29 is 23.8 Å².